The lowest BCUT2D eigenvalue weighted by atomic mass is 9.86. The zero-order chi connectivity index (χ0) is 30.8. The summed E-state index contributed by atoms with van der Waals surface area (Å²) in [6.07, 6.45) is 4.04. The number of rotatable bonds is 4. The van der Waals surface area contributed by atoms with Crippen LogP contribution in [0.1, 0.15) is 52.7 Å². The quantitative estimate of drug-likeness (QED) is 0.195. The zero-order valence-corrected chi connectivity index (χ0v) is 26.6. The number of benzene rings is 4. The summed E-state index contributed by atoms with van der Waals surface area (Å²) in [6, 6.07) is 34.3. The minimum Gasteiger partial charge on any atom is -0.457 e. The Labute approximate surface area is 259 Å². The molecular formula is C39H39N4O+. The Morgan fingerprint density at radius 2 is 1.32 bits per heavy atom. The summed E-state index contributed by atoms with van der Waals surface area (Å²) in [5.41, 5.74) is 8.17. The van der Waals surface area contributed by atoms with Gasteiger partial charge in [0.25, 0.3) is 0 Å². The number of fused-ring (bicyclic) bond motifs is 4. The maximum absolute atomic E-state index is 6.56. The molecule has 0 saturated heterocycles. The minimum absolute atomic E-state index is 0.00833. The molecule has 0 bridgehead atoms. The summed E-state index contributed by atoms with van der Waals surface area (Å²) in [7, 11) is 2.07. The van der Waals surface area contributed by atoms with E-state index >= 15 is 0 Å². The molecule has 3 aromatic heterocycles. The third-order valence-electron chi connectivity index (χ3n) is 8.59. The van der Waals surface area contributed by atoms with Crippen LogP contribution in [0.3, 0.4) is 0 Å². The number of aromatic nitrogens is 4. The summed E-state index contributed by atoms with van der Waals surface area (Å²) < 4.78 is 13.2. The van der Waals surface area contributed by atoms with E-state index in [1.807, 2.05) is 18.3 Å². The van der Waals surface area contributed by atoms with E-state index in [4.69, 9.17) is 9.72 Å². The second kappa shape index (κ2) is 10.1. The highest BCUT2D eigenvalue weighted by molar-refractivity contribution is 6.09. The normalized spacial score (nSPS) is 12.4. The van der Waals surface area contributed by atoms with Crippen LogP contribution in [0.25, 0.3) is 44.3 Å². The monoisotopic (exact) mass is 579 g/mol. The van der Waals surface area contributed by atoms with Gasteiger partial charge in [-0.3, -0.25) is 4.57 Å². The topological polar surface area (TPSA) is 35.9 Å². The molecule has 0 aliphatic heterocycles. The predicted octanol–water partition coefficient (Wildman–Crippen LogP) is 9.33. The molecule has 0 atom stereocenters. The highest BCUT2D eigenvalue weighted by Crippen LogP contribution is 2.38. The van der Waals surface area contributed by atoms with E-state index in [0.717, 1.165) is 39.6 Å². The first kappa shape index (κ1) is 27.9. The van der Waals surface area contributed by atoms with Crippen molar-refractivity contribution in [3.8, 4) is 23.0 Å². The molecule has 0 fully saturated rings. The van der Waals surface area contributed by atoms with Crippen LogP contribution in [0.2, 0.25) is 0 Å². The molecule has 4 aromatic carbocycles. The van der Waals surface area contributed by atoms with Crippen molar-refractivity contribution in [3.05, 3.63) is 121 Å². The molecule has 0 saturated carbocycles. The van der Waals surface area contributed by atoms with Gasteiger partial charge in [-0.25, -0.2) is 9.55 Å². The average Bonchev–Trinajstić information content (AvgIpc) is 3.50. The van der Waals surface area contributed by atoms with E-state index in [0.29, 0.717) is 0 Å². The minimum atomic E-state index is 0.00833. The third-order valence-corrected chi connectivity index (χ3v) is 8.59. The number of para-hydroxylation sites is 2. The van der Waals surface area contributed by atoms with Crippen LogP contribution in [-0.2, 0) is 17.9 Å². The first-order valence-corrected chi connectivity index (χ1v) is 15.3. The van der Waals surface area contributed by atoms with E-state index in [1.54, 1.807) is 0 Å². The van der Waals surface area contributed by atoms with Crippen LogP contribution in [0.5, 0.6) is 11.5 Å². The third kappa shape index (κ3) is 4.83. The molecule has 220 valence electrons. The van der Waals surface area contributed by atoms with E-state index in [-0.39, 0.29) is 10.8 Å². The van der Waals surface area contributed by atoms with E-state index in [1.165, 1.54) is 27.4 Å². The molecule has 0 amide bonds. The molecule has 0 aliphatic rings. The van der Waals surface area contributed by atoms with Crippen LogP contribution < -0.4 is 9.30 Å². The van der Waals surface area contributed by atoms with Crippen molar-refractivity contribution in [1.29, 1.82) is 0 Å². The fourth-order valence-corrected chi connectivity index (χ4v) is 6.08. The van der Waals surface area contributed by atoms with E-state index in [9.17, 15) is 0 Å². The highest BCUT2D eigenvalue weighted by Gasteiger charge is 2.21. The van der Waals surface area contributed by atoms with Crippen molar-refractivity contribution < 1.29 is 9.30 Å². The number of nitrogens with zero attached hydrogens (tertiary/aromatic N) is 4. The summed E-state index contributed by atoms with van der Waals surface area (Å²) in [5.74, 6) is 2.48. The lowest BCUT2D eigenvalue weighted by molar-refractivity contribution is -0.645. The number of ether oxygens (including phenoxy) is 1. The fourth-order valence-electron chi connectivity index (χ4n) is 6.08. The standard InChI is InChI=1S/C39H39N4O/c1-38(2,3)26-15-17-31-32-18-16-30(24-36(32)43(35(31)21-26)37-22-27(19-20-40-37)39(4,5)6)44-29-12-10-11-28(23-29)42-25-41(7)33-13-8-9-14-34(33)42/h8-25H,1-7H3/q+1. The highest BCUT2D eigenvalue weighted by atomic mass is 16.5. The number of aryl methyl sites for hydroxylation is 1. The Hall–Kier alpha value is -4.90. The number of imidazole rings is 1. The molecule has 3 heterocycles. The summed E-state index contributed by atoms with van der Waals surface area (Å²) in [6.45, 7) is 13.5. The van der Waals surface area contributed by atoms with Crippen molar-refractivity contribution in [1.82, 2.24) is 14.1 Å². The summed E-state index contributed by atoms with van der Waals surface area (Å²) >= 11 is 0. The van der Waals surface area contributed by atoms with Crippen molar-refractivity contribution in [3.63, 3.8) is 0 Å². The van der Waals surface area contributed by atoms with Crippen molar-refractivity contribution in [2.45, 2.75) is 52.4 Å². The lowest BCUT2D eigenvalue weighted by Gasteiger charge is -2.21. The van der Waals surface area contributed by atoms with Crippen LogP contribution in [-0.4, -0.2) is 14.1 Å². The van der Waals surface area contributed by atoms with Gasteiger partial charge in [0.15, 0.2) is 11.0 Å². The molecule has 0 radical (unpaired) electrons. The maximum atomic E-state index is 6.56. The van der Waals surface area contributed by atoms with Gasteiger partial charge < -0.3 is 4.74 Å². The van der Waals surface area contributed by atoms with E-state index in [2.05, 4.69) is 154 Å². The fraction of sp³-hybridized carbons (Fsp3) is 0.231. The Morgan fingerprint density at radius 3 is 2.09 bits per heavy atom. The zero-order valence-electron chi connectivity index (χ0n) is 26.6. The van der Waals surface area contributed by atoms with Gasteiger partial charge in [-0.2, -0.15) is 4.57 Å². The Bertz CT molecular complexity index is 2190. The number of pyridine rings is 1. The van der Waals surface area contributed by atoms with Crippen LogP contribution in [0.4, 0.5) is 0 Å². The second-order valence-electron chi connectivity index (χ2n) is 13.8. The van der Waals surface area contributed by atoms with Crippen molar-refractivity contribution in [2.75, 3.05) is 0 Å². The van der Waals surface area contributed by atoms with Crippen molar-refractivity contribution in [2.24, 2.45) is 7.05 Å². The van der Waals surface area contributed by atoms with Gasteiger partial charge >= 0.3 is 0 Å². The average molecular weight is 580 g/mol. The molecular weight excluding hydrogens is 540 g/mol. The van der Waals surface area contributed by atoms with Gasteiger partial charge in [-0.15, -0.1) is 0 Å². The SMILES string of the molecule is C[n+]1cn(-c2cccc(Oc3ccc4c5ccc(C(C)(C)C)cc5n(-c5cc(C(C)(C)C)ccn5)c4c3)c2)c2ccccc21. The summed E-state index contributed by atoms with van der Waals surface area (Å²) in [4.78, 5) is 4.89. The first-order chi connectivity index (χ1) is 21.0. The van der Waals surface area contributed by atoms with Gasteiger partial charge in [-0.05, 0) is 76.6 Å². The molecule has 5 heteroatoms. The Kier molecular flexibility index (Phi) is 6.40. The van der Waals surface area contributed by atoms with Gasteiger partial charge in [-0.1, -0.05) is 71.9 Å². The Morgan fingerprint density at radius 1 is 0.636 bits per heavy atom. The lowest BCUT2D eigenvalue weighted by Crippen LogP contribution is -2.25. The second-order valence-corrected chi connectivity index (χ2v) is 13.8. The van der Waals surface area contributed by atoms with Crippen LogP contribution >= 0.6 is 0 Å². The maximum Gasteiger partial charge on any atom is 0.249 e. The van der Waals surface area contributed by atoms with Gasteiger partial charge in [0.05, 0.1) is 18.1 Å². The van der Waals surface area contributed by atoms with Crippen LogP contribution in [0, 0.1) is 0 Å². The molecule has 5 nitrogen and oxygen atoms in total. The largest absolute Gasteiger partial charge is 0.457 e. The molecule has 0 N–H and O–H groups in total. The van der Waals surface area contributed by atoms with Gasteiger partial charge in [0, 0.05) is 29.1 Å². The predicted molar refractivity (Wildman–Crippen MR) is 181 cm³/mol. The van der Waals surface area contributed by atoms with Gasteiger partial charge in [0.1, 0.15) is 23.0 Å². The molecule has 7 rings (SSSR count). The number of hydrogen-bond donors (Lipinski definition) is 0. The molecule has 44 heavy (non-hydrogen) atoms. The Balaban J connectivity index is 1.37. The smallest absolute Gasteiger partial charge is 0.249 e. The molecule has 7 aromatic rings. The number of hydrogen-bond acceptors (Lipinski definition) is 2. The summed E-state index contributed by atoms with van der Waals surface area (Å²) in [5, 5.41) is 2.38. The first-order valence-electron chi connectivity index (χ1n) is 15.3. The molecule has 0 unspecified atom stereocenters. The van der Waals surface area contributed by atoms with Crippen molar-refractivity contribution >= 4 is 32.8 Å². The molecule has 0 aliphatic carbocycles. The van der Waals surface area contributed by atoms with Gasteiger partial charge in [0.2, 0.25) is 6.33 Å². The van der Waals surface area contributed by atoms with Crippen LogP contribution in [0.15, 0.2) is 110 Å². The molecule has 0 spiro atoms. The van der Waals surface area contributed by atoms with E-state index < -0.39 is 0 Å².